The molecule has 0 spiro atoms. The molecule has 0 fully saturated rings. The Morgan fingerprint density at radius 3 is 2.42 bits per heavy atom. The van der Waals surface area contributed by atoms with Gasteiger partial charge in [-0.1, -0.05) is 11.6 Å². The van der Waals surface area contributed by atoms with Crippen LogP contribution in [0.1, 0.15) is 12.5 Å². The molecule has 0 aliphatic heterocycles. The first-order chi connectivity index (χ1) is 8.66. The highest BCUT2D eigenvalue weighted by Crippen LogP contribution is 2.34. The van der Waals surface area contributed by atoms with Crippen molar-refractivity contribution in [2.45, 2.75) is 19.1 Å². The lowest BCUT2D eigenvalue weighted by molar-refractivity contribution is -0.139. The predicted molar refractivity (Wildman–Crippen MR) is 62.1 cm³/mol. The fourth-order valence-corrected chi connectivity index (χ4v) is 1.61. The number of carbonyl (C=O) groups is 2. The van der Waals surface area contributed by atoms with Gasteiger partial charge in [-0.2, -0.15) is 13.2 Å². The van der Waals surface area contributed by atoms with Gasteiger partial charge < -0.3 is 10.0 Å². The van der Waals surface area contributed by atoms with E-state index in [9.17, 15) is 22.8 Å². The van der Waals surface area contributed by atoms with Crippen LogP contribution in [-0.2, 0) is 15.8 Å². The molecule has 0 saturated heterocycles. The van der Waals surface area contributed by atoms with Crippen molar-refractivity contribution in [1.29, 1.82) is 0 Å². The Morgan fingerprint density at radius 1 is 1.42 bits per heavy atom. The normalized spacial score (nSPS) is 12.9. The molecule has 1 aromatic rings. The molecule has 8 heteroatoms. The number of hydrogen-bond acceptors (Lipinski definition) is 2. The first-order valence-corrected chi connectivity index (χ1v) is 5.39. The van der Waals surface area contributed by atoms with Crippen molar-refractivity contribution in [2.24, 2.45) is 0 Å². The molecule has 0 radical (unpaired) electrons. The number of nitrogens with zero attached hydrogens (tertiary/aromatic N) is 1. The number of amides is 1. The van der Waals surface area contributed by atoms with Crippen LogP contribution >= 0.6 is 11.6 Å². The number of halogens is 4. The number of alkyl halides is 3. The largest absolute Gasteiger partial charge is 0.480 e. The maximum Gasteiger partial charge on any atom is 0.416 e. The van der Waals surface area contributed by atoms with E-state index in [-0.39, 0.29) is 17.1 Å². The first kappa shape index (κ1) is 15.3. The zero-order valence-electron chi connectivity index (χ0n) is 9.61. The molecular weight excluding hydrogens is 287 g/mol. The molecule has 0 unspecified atom stereocenters. The van der Waals surface area contributed by atoms with E-state index in [0.29, 0.717) is 17.0 Å². The Kier molecular flexibility index (Phi) is 4.41. The lowest BCUT2D eigenvalue weighted by Crippen LogP contribution is -2.38. The molecule has 0 saturated carbocycles. The third-order valence-corrected chi connectivity index (χ3v) is 2.61. The van der Waals surface area contributed by atoms with E-state index in [0.717, 1.165) is 6.07 Å². The van der Waals surface area contributed by atoms with Crippen molar-refractivity contribution in [3.63, 3.8) is 0 Å². The standard InChI is InChI=1S/C11H9ClF3NO3/c1-6(10(18)19)16(5-17)9-3-7(11(13,14)15)2-8(12)4-9/h2-6H,1H3,(H,18,19)/t6-/m0/s1. The Balaban J connectivity index is 3.29. The van der Waals surface area contributed by atoms with E-state index in [1.165, 1.54) is 6.92 Å². The van der Waals surface area contributed by atoms with E-state index in [2.05, 4.69) is 0 Å². The van der Waals surface area contributed by atoms with Gasteiger partial charge in [-0.25, -0.2) is 4.79 Å². The van der Waals surface area contributed by atoms with Gasteiger partial charge in [0.05, 0.1) is 5.56 Å². The van der Waals surface area contributed by atoms with Crippen molar-refractivity contribution in [3.8, 4) is 0 Å². The number of carboxylic acid groups (broad SMARTS) is 1. The minimum atomic E-state index is -4.64. The molecule has 0 bridgehead atoms. The molecule has 19 heavy (non-hydrogen) atoms. The van der Waals surface area contributed by atoms with E-state index in [1.807, 2.05) is 0 Å². The average molecular weight is 296 g/mol. The van der Waals surface area contributed by atoms with Gasteiger partial charge in [0, 0.05) is 10.7 Å². The average Bonchev–Trinajstić information content (AvgIpc) is 2.27. The summed E-state index contributed by atoms with van der Waals surface area (Å²) in [5.41, 5.74) is -1.29. The van der Waals surface area contributed by atoms with Crippen LogP contribution in [0.15, 0.2) is 18.2 Å². The summed E-state index contributed by atoms with van der Waals surface area (Å²) in [5, 5.41) is 8.55. The Hall–Kier alpha value is -1.76. The number of anilines is 1. The van der Waals surface area contributed by atoms with Crippen LogP contribution in [0.3, 0.4) is 0 Å². The van der Waals surface area contributed by atoms with Gasteiger partial charge in [-0.3, -0.25) is 4.79 Å². The Bertz CT molecular complexity index is 504. The number of hydrogen-bond donors (Lipinski definition) is 1. The summed E-state index contributed by atoms with van der Waals surface area (Å²) >= 11 is 5.55. The molecule has 1 N–H and O–H groups in total. The number of aliphatic carboxylic acids is 1. The quantitative estimate of drug-likeness (QED) is 0.869. The molecule has 4 nitrogen and oxygen atoms in total. The molecule has 0 aromatic heterocycles. The number of carboxylic acids is 1. The van der Waals surface area contributed by atoms with Gasteiger partial charge in [-0.15, -0.1) is 0 Å². The van der Waals surface area contributed by atoms with Crippen LogP contribution in [0, 0.1) is 0 Å². The second kappa shape index (κ2) is 5.48. The van der Waals surface area contributed by atoms with Crippen molar-refractivity contribution in [2.75, 3.05) is 4.90 Å². The van der Waals surface area contributed by atoms with Crippen molar-refractivity contribution < 1.29 is 27.9 Å². The molecule has 0 aliphatic carbocycles. The third-order valence-electron chi connectivity index (χ3n) is 2.40. The highest BCUT2D eigenvalue weighted by Gasteiger charge is 2.32. The lowest BCUT2D eigenvalue weighted by atomic mass is 10.1. The minimum Gasteiger partial charge on any atom is -0.480 e. The van der Waals surface area contributed by atoms with Gasteiger partial charge in [0.2, 0.25) is 6.41 Å². The van der Waals surface area contributed by atoms with Gasteiger partial charge in [0.1, 0.15) is 6.04 Å². The van der Waals surface area contributed by atoms with Gasteiger partial charge >= 0.3 is 12.1 Å². The molecule has 0 aliphatic rings. The van der Waals surface area contributed by atoms with Crippen molar-refractivity contribution >= 4 is 29.7 Å². The molecule has 1 atom stereocenters. The van der Waals surface area contributed by atoms with E-state index >= 15 is 0 Å². The smallest absolute Gasteiger partial charge is 0.416 e. The van der Waals surface area contributed by atoms with E-state index < -0.39 is 23.8 Å². The summed E-state index contributed by atoms with van der Waals surface area (Å²) in [4.78, 5) is 22.3. The van der Waals surface area contributed by atoms with Gasteiger partial charge in [-0.05, 0) is 25.1 Å². The number of rotatable bonds is 4. The van der Waals surface area contributed by atoms with Crippen LogP contribution in [0.2, 0.25) is 5.02 Å². The molecule has 104 valence electrons. The summed E-state index contributed by atoms with van der Waals surface area (Å²) in [6.45, 7) is 1.17. The van der Waals surface area contributed by atoms with Crippen LogP contribution in [-0.4, -0.2) is 23.5 Å². The van der Waals surface area contributed by atoms with Crippen LogP contribution in [0.25, 0.3) is 0 Å². The summed E-state index contributed by atoms with van der Waals surface area (Å²) in [7, 11) is 0. The molecular formula is C11H9ClF3NO3. The summed E-state index contributed by atoms with van der Waals surface area (Å²) in [6.07, 6.45) is -4.49. The van der Waals surface area contributed by atoms with Crippen LogP contribution in [0.5, 0.6) is 0 Å². The first-order valence-electron chi connectivity index (χ1n) is 5.01. The van der Waals surface area contributed by atoms with Crippen LogP contribution < -0.4 is 4.90 Å². The number of benzene rings is 1. The van der Waals surface area contributed by atoms with Crippen molar-refractivity contribution in [1.82, 2.24) is 0 Å². The highest BCUT2D eigenvalue weighted by atomic mass is 35.5. The molecule has 1 aromatic carbocycles. The number of carbonyl (C=O) groups excluding carboxylic acids is 1. The second-order valence-electron chi connectivity index (χ2n) is 3.72. The summed E-state index contributed by atoms with van der Waals surface area (Å²) < 4.78 is 37.8. The van der Waals surface area contributed by atoms with Crippen molar-refractivity contribution in [3.05, 3.63) is 28.8 Å². The van der Waals surface area contributed by atoms with E-state index in [4.69, 9.17) is 16.7 Å². The predicted octanol–water partition coefficient (Wildman–Crippen LogP) is 2.79. The summed E-state index contributed by atoms with van der Waals surface area (Å²) in [5.74, 6) is -1.35. The SMILES string of the molecule is C[C@@H](C(=O)O)N(C=O)c1cc(Cl)cc(C(F)(F)F)c1. The lowest BCUT2D eigenvalue weighted by Gasteiger charge is -2.23. The minimum absolute atomic E-state index is 0.143. The topological polar surface area (TPSA) is 57.6 Å². The Morgan fingerprint density at radius 2 is 2.00 bits per heavy atom. The van der Waals surface area contributed by atoms with E-state index in [1.54, 1.807) is 0 Å². The zero-order valence-corrected chi connectivity index (χ0v) is 10.4. The molecule has 1 amide bonds. The molecule has 1 rings (SSSR count). The highest BCUT2D eigenvalue weighted by molar-refractivity contribution is 6.31. The third kappa shape index (κ3) is 3.60. The van der Waals surface area contributed by atoms with Crippen LogP contribution in [0.4, 0.5) is 18.9 Å². The fraction of sp³-hybridized carbons (Fsp3) is 0.273. The van der Waals surface area contributed by atoms with Gasteiger partial charge in [0.15, 0.2) is 0 Å². The summed E-state index contributed by atoms with van der Waals surface area (Å²) in [6, 6.07) is 1.14. The fourth-order valence-electron chi connectivity index (χ4n) is 1.38. The monoisotopic (exact) mass is 295 g/mol. The Labute approximate surface area is 111 Å². The van der Waals surface area contributed by atoms with Gasteiger partial charge in [0.25, 0.3) is 0 Å². The second-order valence-corrected chi connectivity index (χ2v) is 4.16. The maximum absolute atomic E-state index is 12.6. The molecule has 0 heterocycles. The zero-order chi connectivity index (χ0) is 14.8. The maximum atomic E-state index is 12.6.